The Labute approximate surface area is 175 Å². The highest BCUT2D eigenvalue weighted by Gasteiger charge is 2.13. The van der Waals surface area contributed by atoms with E-state index in [2.05, 4.69) is 40.0 Å². The van der Waals surface area contributed by atoms with E-state index in [1.54, 1.807) is 24.4 Å². The molecule has 0 unspecified atom stereocenters. The largest absolute Gasteiger partial charge is 0.491 e. The molecule has 1 N–H and O–H groups in total. The number of amides is 1. The molecule has 2 heterocycles. The van der Waals surface area contributed by atoms with Crippen molar-refractivity contribution in [1.82, 2.24) is 19.9 Å². The first-order valence-corrected chi connectivity index (χ1v) is 9.95. The fourth-order valence-corrected chi connectivity index (χ4v) is 3.37. The number of carbonyl (C=O) groups excluding carboxylic acids is 1. The molecule has 0 aliphatic heterocycles. The summed E-state index contributed by atoms with van der Waals surface area (Å²) in [7, 11) is 0. The van der Waals surface area contributed by atoms with Crippen LogP contribution in [0.3, 0.4) is 0 Å². The first-order valence-electron chi connectivity index (χ1n) is 9.95. The van der Waals surface area contributed by atoms with Gasteiger partial charge in [-0.15, -0.1) is 0 Å². The van der Waals surface area contributed by atoms with Crippen molar-refractivity contribution in [2.24, 2.45) is 0 Å². The maximum Gasteiger partial charge on any atom is 0.270 e. The number of para-hydroxylation sites is 2. The molecule has 4 aromatic rings. The third-order valence-electron chi connectivity index (χ3n) is 4.95. The van der Waals surface area contributed by atoms with E-state index in [1.807, 2.05) is 31.2 Å². The van der Waals surface area contributed by atoms with Gasteiger partial charge in [0, 0.05) is 6.20 Å². The Kier molecular flexibility index (Phi) is 5.75. The minimum absolute atomic E-state index is 0.221. The van der Waals surface area contributed by atoms with Crippen molar-refractivity contribution in [2.75, 3.05) is 6.61 Å². The van der Waals surface area contributed by atoms with Gasteiger partial charge in [-0.1, -0.05) is 30.3 Å². The third kappa shape index (κ3) is 4.33. The molecule has 0 radical (unpaired) electrons. The van der Waals surface area contributed by atoms with Gasteiger partial charge in [-0.2, -0.15) is 0 Å². The van der Waals surface area contributed by atoms with Crippen LogP contribution in [-0.4, -0.2) is 27.0 Å². The van der Waals surface area contributed by atoms with E-state index in [4.69, 9.17) is 9.72 Å². The van der Waals surface area contributed by atoms with Crippen LogP contribution in [0.5, 0.6) is 5.75 Å². The second-order valence-electron chi connectivity index (χ2n) is 7.18. The number of benzene rings is 2. The van der Waals surface area contributed by atoms with Crippen molar-refractivity contribution in [3.05, 3.63) is 89.5 Å². The average Bonchev–Trinajstić information content (AvgIpc) is 3.12. The van der Waals surface area contributed by atoms with Gasteiger partial charge in [0.05, 0.1) is 24.1 Å². The molecule has 0 aliphatic rings. The third-order valence-corrected chi connectivity index (χ3v) is 4.95. The summed E-state index contributed by atoms with van der Waals surface area (Å²) >= 11 is 0. The first-order chi connectivity index (χ1) is 14.6. The highest BCUT2D eigenvalue weighted by molar-refractivity contribution is 5.92. The van der Waals surface area contributed by atoms with Gasteiger partial charge in [-0.25, -0.2) is 4.98 Å². The Balaban J connectivity index is 1.50. The fourth-order valence-electron chi connectivity index (χ4n) is 3.37. The van der Waals surface area contributed by atoms with E-state index in [-0.39, 0.29) is 5.91 Å². The Morgan fingerprint density at radius 1 is 1.07 bits per heavy atom. The zero-order valence-corrected chi connectivity index (χ0v) is 17.1. The van der Waals surface area contributed by atoms with Crippen molar-refractivity contribution in [1.29, 1.82) is 0 Å². The number of rotatable bonds is 7. The lowest BCUT2D eigenvalue weighted by Crippen LogP contribution is -2.26. The van der Waals surface area contributed by atoms with E-state index in [0.717, 1.165) is 28.2 Å². The van der Waals surface area contributed by atoms with Crippen molar-refractivity contribution in [3.8, 4) is 5.75 Å². The van der Waals surface area contributed by atoms with Gasteiger partial charge in [0.2, 0.25) is 0 Å². The maximum absolute atomic E-state index is 12.4. The van der Waals surface area contributed by atoms with Crippen molar-refractivity contribution >= 4 is 16.9 Å². The molecule has 4 rings (SSSR count). The maximum atomic E-state index is 12.4. The summed E-state index contributed by atoms with van der Waals surface area (Å²) in [6.07, 6.45) is 1.61. The van der Waals surface area contributed by atoms with Crippen molar-refractivity contribution in [2.45, 2.75) is 26.9 Å². The summed E-state index contributed by atoms with van der Waals surface area (Å²) in [5, 5.41) is 2.92. The Hall–Kier alpha value is -3.67. The number of carbonyl (C=O) groups is 1. The minimum atomic E-state index is -0.221. The molecule has 30 heavy (non-hydrogen) atoms. The number of pyridine rings is 1. The van der Waals surface area contributed by atoms with Gasteiger partial charge in [-0.3, -0.25) is 9.78 Å². The van der Waals surface area contributed by atoms with Gasteiger partial charge in [-0.05, 0) is 55.3 Å². The highest BCUT2D eigenvalue weighted by Crippen LogP contribution is 2.20. The molecule has 0 aliphatic carbocycles. The molecule has 0 spiro atoms. The highest BCUT2D eigenvalue weighted by atomic mass is 16.5. The van der Waals surface area contributed by atoms with Crippen molar-refractivity contribution in [3.63, 3.8) is 0 Å². The van der Waals surface area contributed by atoms with E-state index < -0.39 is 0 Å². The van der Waals surface area contributed by atoms with Crippen LogP contribution in [0.25, 0.3) is 11.0 Å². The van der Waals surface area contributed by atoms with Crippen LogP contribution in [0, 0.1) is 13.8 Å². The second kappa shape index (κ2) is 8.78. The quantitative estimate of drug-likeness (QED) is 0.508. The lowest BCUT2D eigenvalue weighted by molar-refractivity contribution is 0.0944. The molecule has 152 valence electrons. The van der Waals surface area contributed by atoms with E-state index in [9.17, 15) is 4.79 Å². The Morgan fingerprint density at radius 2 is 1.90 bits per heavy atom. The summed E-state index contributed by atoms with van der Waals surface area (Å²) in [5.41, 5.74) is 4.58. The number of nitrogens with zero attached hydrogens (tertiary/aromatic N) is 3. The smallest absolute Gasteiger partial charge is 0.270 e. The molecule has 0 bridgehead atoms. The topological polar surface area (TPSA) is 69.0 Å². The number of nitrogens with one attached hydrogen (secondary N) is 1. The fraction of sp³-hybridized carbons (Fsp3) is 0.208. The molecular weight excluding hydrogens is 376 g/mol. The molecule has 1 amide bonds. The zero-order valence-electron chi connectivity index (χ0n) is 17.1. The standard InChI is InChI=1S/C24H24N4O2/c1-17-10-11-18(2)22(15-17)30-14-13-28-21-9-4-3-7-19(21)27-23(28)16-26-24(29)20-8-5-6-12-25-20/h3-12,15H,13-14,16H2,1-2H3,(H,26,29). The van der Waals surface area contributed by atoms with Gasteiger partial charge >= 0.3 is 0 Å². The second-order valence-corrected chi connectivity index (χ2v) is 7.18. The molecule has 0 fully saturated rings. The van der Waals surface area contributed by atoms with Gasteiger partial charge in [0.25, 0.3) is 5.91 Å². The lowest BCUT2D eigenvalue weighted by atomic mass is 10.1. The van der Waals surface area contributed by atoms with E-state index >= 15 is 0 Å². The van der Waals surface area contributed by atoms with Crippen LogP contribution in [0.4, 0.5) is 0 Å². The predicted octanol–water partition coefficient (Wildman–Crippen LogP) is 4.06. The summed E-state index contributed by atoms with van der Waals surface area (Å²) < 4.78 is 8.14. The van der Waals surface area contributed by atoms with Crippen LogP contribution < -0.4 is 10.1 Å². The van der Waals surface area contributed by atoms with E-state index in [1.165, 1.54) is 5.56 Å². The monoisotopic (exact) mass is 400 g/mol. The number of hydrogen-bond donors (Lipinski definition) is 1. The number of ether oxygens (including phenoxy) is 1. The van der Waals surface area contributed by atoms with Gasteiger partial charge < -0.3 is 14.6 Å². The van der Waals surface area contributed by atoms with Crippen LogP contribution in [0.2, 0.25) is 0 Å². The van der Waals surface area contributed by atoms with E-state index in [0.29, 0.717) is 25.4 Å². The van der Waals surface area contributed by atoms with Crippen LogP contribution in [-0.2, 0) is 13.1 Å². The molecule has 6 heteroatoms. The molecule has 0 saturated heterocycles. The molecular formula is C24H24N4O2. The molecule has 6 nitrogen and oxygen atoms in total. The number of hydrogen-bond acceptors (Lipinski definition) is 4. The minimum Gasteiger partial charge on any atom is -0.491 e. The van der Waals surface area contributed by atoms with Gasteiger partial charge in [0.1, 0.15) is 23.9 Å². The summed E-state index contributed by atoms with van der Waals surface area (Å²) in [4.78, 5) is 21.2. The van der Waals surface area contributed by atoms with Crippen LogP contribution in [0.15, 0.2) is 66.9 Å². The van der Waals surface area contributed by atoms with Crippen LogP contribution in [0.1, 0.15) is 27.4 Å². The number of fused-ring (bicyclic) bond motifs is 1. The predicted molar refractivity (Wildman–Crippen MR) is 117 cm³/mol. The van der Waals surface area contributed by atoms with Gasteiger partial charge in [0.15, 0.2) is 0 Å². The molecule has 2 aromatic heterocycles. The summed E-state index contributed by atoms with van der Waals surface area (Å²) in [5.74, 6) is 1.45. The first kappa shape index (κ1) is 19.6. The molecule has 2 aromatic carbocycles. The number of aromatic nitrogens is 3. The Bertz CT molecular complexity index is 1170. The Morgan fingerprint density at radius 3 is 2.73 bits per heavy atom. The SMILES string of the molecule is Cc1ccc(C)c(OCCn2c(CNC(=O)c3ccccn3)nc3ccccc32)c1. The number of imidazole rings is 1. The normalized spacial score (nSPS) is 10.9. The zero-order chi connectivity index (χ0) is 20.9. The van der Waals surface area contributed by atoms with Crippen molar-refractivity contribution < 1.29 is 9.53 Å². The number of aryl methyl sites for hydroxylation is 2. The molecule has 0 saturated carbocycles. The van der Waals surface area contributed by atoms with Crippen LogP contribution >= 0.6 is 0 Å². The lowest BCUT2D eigenvalue weighted by Gasteiger charge is -2.13. The average molecular weight is 400 g/mol. The summed E-state index contributed by atoms with van der Waals surface area (Å²) in [6.45, 7) is 5.54. The molecule has 0 atom stereocenters. The summed E-state index contributed by atoms with van der Waals surface area (Å²) in [6, 6.07) is 19.4.